The van der Waals surface area contributed by atoms with E-state index in [4.69, 9.17) is 5.73 Å². The molecule has 0 saturated heterocycles. The Morgan fingerprint density at radius 1 is 1.22 bits per heavy atom. The number of hydrogen-bond donors (Lipinski definition) is 1. The maximum atomic E-state index is 5.95. The van der Waals surface area contributed by atoms with Crippen LogP contribution in [0.25, 0.3) is 11.5 Å². The monoisotopic (exact) mass is 242 g/mol. The van der Waals surface area contributed by atoms with Gasteiger partial charge in [0.25, 0.3) is 0 Å². The maximum Gasteiger partial charge on any atom is 0.178 e. The van der Waals surface area contributed by atoms with E-state index in [9.17, 15) is 0 Å². The van der Waals surface area contributed by atoms with Gasteiger partial charge in [0, 0.05) is 30.6 Å². The summed E-state index contributed by atoms with van der Waals surface area (Å²) in [5, 5.41) is 0. The third-order valence-electron chi connectivity index (χ3n) is 2.93. The Morgan fingerprint density at radius 3 is 2.78 bits per heavy atom. The SMILES string of the molecule is CCC(N)Cc1ccnc(-c2ncccc2C)n1. The van der Waals surface area contributed by atoms with Gasteiger partial charge in [0.15, 0.2) is 5.82 Å². The highest BCUT2D eigenvalue weighted by atomic mass is 14.9. The van der Waals surface area contributed by atoms with Gasteiger partial charge < -0.3 is 5.73 Å². The Bertz CT molecular complexity index is 525. The van der Waals surface area contributed by atoms with E-state index in [-0.39, 0.29) is 6.04 Å². The highest BCUT2D eigenvalue weighted by Crippen LogP contribution is 2.16. The molecule has 0 amide bonds. The van der Waals surface area contributed by atoms with E-state index in [0.717, 1.165) is 29.8 Å². The fraction of sp³-hybridized carbons (Fsp3) is 0.357. The van der Waals surface area contributed by atoms with Gasteiger partial charge in [0.2, 0.25) is 0 Å². The van der Waals surface area contributed by atoms with Crippen molar-refractivity contribution in [2.75, 3.05) is 0 Å². The summed E-state index contributed by atoms with van der Waals surface area (Å²) in [6, 6.07) is 5.99. The standard InChI is InChI=1S/C14H18N4/c1-3-11(15)9-12-6-8-17-14(18-12)13-10(2)5-4-7-16-13/h4-8,11H,3,9,15H2,1-2H3. The van der Waals surface area contributed by atoms with Crippen molar-refractivity contribution in [1.29, 1.82) is 0 Å². The van der Waals surface area contributed by atoms with Gasteiger partial charge in [-0.05, 0) is 31.0 Å². The number of nitrogens with two attached hydrogens (primary N) is 1. The van der Waals surface area contributed by atoms with Crippen molar-refractivity contribution in [2.24, 2.45) is 5.73 Å². The van der Waals surface area contributed by atoms with E-state index in [1.54, 1.807) is 12.4 Å². The van der Waals surface area contributed by atoms with E-state index in [0.29, 0.717) is 5.82 Å². The summed E-state index contributed by atoms with van der Waals surface area (Å²) in [6.07, 6.45) is 5.25. The van der Waals surface area contributed by atoms with Gasteiger partial charge in [-0.3, -0.25) is 4.98 Å². The molecule has 2 aromatic heterocycles. The fourth-order valence-corrected chi connectivity index (χ4v) is 1.76. The predicted octanol–water partition coefficient (Wildman–Crippen LogP) is 2.13. The van der Waals surface area contributed by atoms with Crippen molar-refractivity contribution in [3.8, 4) is 11.5 Å². The normalized spacial score (nSPS) is 12.4. The molecule has 94 valence electrons. The minimum atomic E-state index is 0.151. The van der Waals surface area contributed by atoms with E-state index < -0.39 is 0 Å². The maximum absolute atomic E-state index is 5.95. The lowest BCUT2D eigenvalue weighted by Gasteiger charge is -2.09. The zero-order valence-electron chi connectivity index (χ0n) is 10.8. The quantitative estimate of drug-likeness (QED) is 0.892. The second kappa shape index (κ2) is 5.69. The average molecular weight is 242 g/mol. The summed E-state index contributed by atoms with van der Waals surface area (Å²) in [6.45, 7) is 4.09. The third kappa shape index (κ3) is 2.90. The van der Waals surface area contributed by atoms with Gasteiger partial charge in [0.05, 0.1) is 0 Å². The van der Waals surface area contributed by atoms with Gasteiger partial charge in [0.1, 0.15) is 5.69 Å². The van der Waals surface area contributed by atoms with Crippen molar-refractivity contribution in [1.82, 2.24) is 15.0 Å². The second-order valence-corrected chi connectivity index (χ2v) is 4.41. The average Bonchev–Trinajstić information content (AvgIpc) is 2.39. The number of nitrogens with zero attached hydrogens (tertiary/aromatic N) is 3. The van der Waals surface area contributed by atoms with E-state index in [2.05, 4.69) is 21.9 Å². The Balaban J connectivity index is 2.30. The lowest BCUT2D eigenvalue weighted by Crippen LogP contribution is -2.22. The van der Waals surface area contributed by atoms with E-state index in [1.807, 2.05) is 25.1 Å². The van der Waals surface area contributed by atoms with Gasteiger partial charge in [-0.2, -0.15) is 0 Å². The highest BCUT2D eigenvalue weighted by molar-refractivity contribution is 5.53. The first-order valence-corrected chi connectivity index (χ1v) is 6.20. The molecule has 4 heteroatoms. The first kappa shape index (κ1) is 12.6. The molecule has 18 heavy (non-hydrogen) atoms. The molecule has 0 radical (unpaired) electrons. The minimum absolute atomic E-state index is 0.151. The highest BCUT2D eigenvalue weighted by Gasteiger charge is 2.08. The first-order chi connectivity index (χ1) is 8.70. The van der Waals surface area contributed by atoms with E-state index in [1.165, 1.54) is 0 Å². The molecule has 0 aliphatic rings. The van der Waals surface area contributed by atoms with Crippen LogP contribution in [0, 0.1) is 6.92 Å². The number of rotatable bonds is 4. The zero-order chi connectivity index (χ0) is 13.0. The number of hydrogen-bond acceptors (Lipinski definition) is 4. The van der Waals surface area contributed by atoms with Crippen LogP contribution in [0.5, 0.6) is 0 Å². The van der Waals surface area contributed by atoms with Crippen LogP contribution in [0.15, 0.2) is 30.6 Å². The molecule has 2 aromatic rings. The molecule has 0 saturated carbocycles. The first-order valence-electron chi connectivity index (χ1n) is 6.20. The van der Waals surface area contributed by atoms with Gasteiger partial charge in [-0.15, -0.1) is 0 Å². The molecule has 2 heterocycles. The molecular formula is C14H18N4. The summed E-state index contributed by atoms with van der Waals surface area (Å²) in [5.74, 6) is 0.675. The Morgan fingerprint density at radius 2 is 2.06 bits per heavy atom. The number of aryl methyl sites for hydroxylation is 1. The molecule has 1 atom stereocenters. The zero-order valence-corrected chi connectivity index (χ0v) is 10.8. The summed E-state index contributed by atoms with van der Waals surface area (Å²) in [7, 11) is 0. The van der Waals surface area contributed by atoms with Crippen LogP contribution in [-0.4, -0.2) is 21.0 Å². The second-order valence-electron chi connectivity index (χ2n) is 4.41. The molecule has 0 bridgehead atoms. The van der Waals surface area contributed by atoms with Crippen LogP contribution in [0.3, 0.4) is 0 Å². The summed E-state index contributed by atoms with van der Waals surface area (Å²) < 4.78 is 0. The fourth-order valence-electron chi connectivity index (χ4n) is 1.76. The van der Waals surface area contributed by atoms with Crippen LogP contribution in [0.1, 0.15) is 24.6 Å². The van der Waals surface area contributed by atoms with Crippen molar-refractivity contribution < 1.29 is 0 Å². The van der Waals surface area contributed by atoms with Gasteiger partial charge >= 0.3 is 0 Å². The van der Waals surface area contributed by atoms with Crippen LogP contribution in [0.4, 0.5) is 0 Å². The van der Waals surface area contributed by atoms with Crippen LogP contribution >= 0.6 is 0 Å². The Kier molecular flexibility index (Phi) is 3.99. The predicted molar refractivity (Wildman–Crippen MR) is 72.0 cm³/mol. The summed E-state index contributed by atoms with van der Waals surface area (Å²) in [5.41, 5.74) is 8.83. The summed E-state index contributed by atoms with van der Waals surface area (Å²) in [4.78, 5) is 13.2. The molecule has 2 N–H and O–H groups in total. The molecule has 0 aliphatic carbocycles. The smallest absolute Gasteiger partial charge is 0.178 e. The molecule has 0 aromatic carbocycles. The molecule has 2 rings (SSSR count). The third-order valence-corrected chi connectivity index (χ3v) is 2.93. The molecule has 0 fully saturated rings. The number of pyridine rings is 1. The lowest BCUT2D eigenvalue weighted by atomic mass is 10.1. The Labute approximate surface area is 107 Å². The van der Waals surface area contributed by atoms with Crippen LogP contribution in [0.2, 0.25) is 0 Å². The molecule has 0 aliphatic heterocycles. The minimum Gasteiger partial charge on any atom is -0.327 e. The Hall–Kier alpha value is -1.81. The van der Waals surface area contributed by atoms with E-state index >= 15 is 0 Å². The molecule has 4 nitrogen and oxygen atoms in total. The van der Waals surface area contributed by atoms with Crippen LogP contribution < -0.4 is 5.73 Å². The van der Waals surface area contributed by atoms with Gasteiger partial charge in [-0.1, -0.05) is 13.0 Å². The van der Waals surface area contributed by atoms with Crippen molar-refractivity contribution in [2.45, 2.75) is 32.7 Å². The van der Waals surface area contributed by atoms with Crippen LogP contribution in [-0.2, 0) is 6.42 Å². The molecule has 1 unspecified atom stereocenters. The van der Waals surface area contributed by atoms with Crippen molar-refractivity contribution in [3.05, 3.63) is 41.9 Å². The van der Waals surface area contributed by atoms with Crippen molar-refractivity contribution in [3.63, 3.8) is 0 Å². The molecular weight excluding hydrogens is 224 g/mol. The lowest BCUT2D eigenvalue weighted by molar-refractivity contribution is 0.636. The van der Waals surface area contributed by atoms with Gasteiger partial charge in [-0.25, -0.2) is 9.97 Å². The summed E-state index contributed by atoms with van der Waals surface area (Å²) >= 11 is 0. The van der Waals surface area contributed by atoms with Crippen molar-refractivity contribution >= 4 is 0 Å². The largest absolute Gasteiger partial charge is 0.327 e. The topological polar surface area (TPSA) is 64.7 Å². The number of aromatic nitrogens is 3. The molecule has 0 spiro atoms.